The number of hydrogen-bond acceptors (Lipinski definition) is 4. The van der Waals surface area contributed by atoms with Crippen molar-refractivity contribution >= 4 is 12.1 Å². The van der Waals surface area contributed by atoms with Crippen molar-refractivity contribution < 1.29 is 4.42 Å². The van der Waals surface area contributed by atoms with Crippen molar-refractivity contribution in [2.24, 2.45) is 4.99 Å². The standard InChI is InChI=1S/C25H15N3O/c26-15-18-11-13-19(14-12-18)17-28-25-22(16-27)23(20-7-3-1-4-8-20)24(29-25)21-9-5-2-6-10-21/h1-14,17H. The highest BCUT2D eigenvalue weighted by molar-refractivity contribution is 5.89. The predicted molar refractivity (Wildman–Crippen MR) is 113 cm³/mol. The Labute approximate surface area is 168 Å². The van der Waals surface area contributed by atoms with Crippen LogP contribution in [0.1, 0.15) is 16.7 Å². The molecular formula is C25H15N3O. The van der Waals surface area contributed by atoms with Gasteiger partial charge in [0.25, 0.3) is 0 Å². The van der Waals surface area contributed by atoms with Crippen LogP contribution in [-0.4, -0.2) is 6.21 Å². The third-order valence-electron chi connectivity index (χ3n) is 4.47. The van der Waals surface area contributed by atoms with Crippen molar-refractivity contribution in [2.75, 3.05) is 0 Å². The van der Waals surface area contributed by atoms with E-state index in [4.69, 9.17) is 9.68 Å². The molecule has 0 atom stereocenters. The summed E-state index contributed by atoms with van der Waals surface area (Å²) in [5, 5.41) is 18.8. The Bertz CT molecular complexity index is 1240. The Morgan fingerprint density at radius 3 is 1.93 bits per heavy atom. The number of rotatable bonds is 4. The zero-order valence-corrected chi connectivity index (χ0v) is 15.4. The molecule has 136 valence electrons. The van der Waals surface area contributed by atoms with E-state index in [0.717, 1.165) is 22.3 Å². The third kappa shape index (κ3) is 3.69. The number of nitriles is 2. The van der Waals surface area contributed by atoms with Crippen LogP contribution in [0.15, 0.2) is 94.3 Å². The molecule has 4 aromatic rings. The highest BCUT2D eigenvalue weighted by Crippen LogP contribution is 2.42. The van der Waals surface area contributed by atoms with Crippen molar-refractivity contribution in [2.45, 2.75) is 0 Å². The molecule has 0 aliphatic carbocycles. The van der Waals surface area contributed by atoms with Gasteiger partial charge in [-0.25, -0.2) is 4.99 Å². The molecule has 29 heavy (non-hydrogen) atoms. The molecule has 0 bridgehead atoms. The van der Waals surface area contributed by atoms with Crippen molar-refractivity contribution in [1.29, 1.82) is 10.5 Å². The van der Waals surface area contributed by atoms with E-state index in [2.05, 4.69) is 17.1 Å². The maximum Gasteiger partial charge on any atom is 0.238 e. The van der Waals surface area contributed by atoms with Gasteiger partial charge >= 0.3 is 0 Å². The first kappa shape index (κ1) is 18.0. The number of nitrogens with zero attached hydrogens (tertiary/aromatic N) is 3. The molecular weight excluding hydrogens is 358 g/mol. The maximum atomic E-state index is 9.87. The van der Waals surface area contributed by atoms with E-state index in [1.165, 1.54) is 0 Å². The van der Waals surface area contributed by atoms with Crippen LogP contribution < -0.4 is 0 Å². The second-order valence-electron chi connectivity index (χ2n) is 6.32. The first-order valence-corrected chi connectivity index (χ1v) is 9.02. The Morgan fingerprint density at radius 2 is 1.34 bits per heavy atom. The van der Waals surface area contributed by atoms with Gasteiger partial charge in [-0.15, -0.1) is 0 Å². The van der Waals surface area contributed by atoms with Gasteiger partial charge in [0, 0.05) is 17.3 Å². The summed E-state index contributed by atoms with van der Waals surface area (Å²) in [6.45, 7) is 0. The van der Waals surface area contributed by atoms with E-state index in [9.17, 15) is 5.26 Å². The summed E-state index contributed by atoms with van der Waals surface area (Å²) in [7, 11) is 0. The highest BCUT2D eigenvalue weighted by Gasteiger charge is 2.22. The minimum absolute atomic E-state index is 0.259. The van der Waals surface area contributed by atoms with Crippen LogP contribution in [0.5, 0.6) is 0 Å². The monoisotopic (exact) mass is 373 g/mol. The second kappa shape index (κ2) is 8.08. The Morgan fingerprint density at radius 1 is 0.724 bits per heavy atom. The number of hydrogen-bond donors (Lipinski definition) is 0. The summed E-state index contributed by atoms with van der Waals surface area (Å²) in [6.07, 6.45) is 1.63. The van der Waals surface area contributed by atoms with Crippen molar-refractivity contribution in [1.82, 2.24) is 0 Å². The lowest BCUT2D eigenvalue weighted by Crippen LogP contribution is -1.83. The fourth-order valence-corrected chi connectivity index (χ4v) is 3.06. The van der Waals surface area contributed by atoms with E-state index in [1.807, 2.05) is 60.7 Å². The molecule has 0 radical (unpaired) electrons. The topological polar surface area (TPSA) is 73.1 Å². The van der Waals surface area contributed by atoms with Crippen LogP contribution in [0.25, 0.3) is 22.5 Å². The molecule has 0 saturated heterocycles. The smallest absolute Gasteiger partial charge is 0.238 e. The largest absolute Gasteiger partial charge is 0.436 e. The molecule has 1 heterocycles. The van der Waals surface area contributed by atoms with Crippen LogP contribution in [0, 0.1) is 22.7 Å². The van der Waals surface area contributed by atoms with E-state index in [-0.39, 0.29) is 5.88 Å². The molecule has 4 nitrogen and oxygen atoms in total. The van der Waals surface area contributed by atoms with Crippen LogP contribution >= 0.6 is 0 Å². The number of aliphatic imine (C=N–C) groups is 1. The molecule has 3 aromatic carbocycles. The quantitative estimate of drug-likeness (QED) is 0.405. The second-order valence-corrected chi connectivity index (χ2v) is 6.32. The minimum Gasteiger partial charge on any atom is -0.436 e. The van der Waals surface area contributed by atoms with Crippen LogP contribution in [0.3, 0.4) is 0 Å². The van der Waals surface area contributed by atoms with Crippen LogP contribution in [-0.2, 0) is 0 Å². The van der Waals surface area contributed by atoms with E-state index in [1.54, 1.807) is 30.5 Å². The average Bonchev–Trinajstić information content (AvgIpc) is 3.17. The molecule has 0 aliphatic rings. The average molecular weight is 373 g/mol. The van der Waals surface area contributed by atoms with Gasteiger partial charge in [0.05, 0.1) is 11.6 Å². The van der Waals surface area contributed by atoms with Gasteiger partial charge in [-0.05, 0) is 23.3 Å². The van der Waals surface area contributed by atoms with E-state index < -0.39 is 0 Å². The van der Waals surface area contributed by atoms with Gasteiger partial charge in [-0.3, -0.25) is 0 Å². The SMILES string of the molecule is N#Cc1ccc(C=Nc2oc(-c3ccccc3)c(-c3ccccc3)c2C#N)cc1. The Balaban J connectivity index is 1.85. The number of benzene rings is 3. The van der Waals surface area contributed by atoms with Crippen LogP contribution in [0.4, 0.5) is 5.88 Å². The molecule has 0 N–H and O–H groups in total. The van der Waals surface area contributed by atoms with E-state index in [0.29, 0.717) is 16.9 Å². The summed E-state index contributed by atoms with van der Waals surface area (Å²) in [5.74, 6) is 0.870. The number of furan rings is 1. The van der Waals surface area contributed by atoms with Crippen LogP contribution in [0.2, 0.25) is 0 Å². The highest BCUT2D eigenvalue weighted by atomic mass is 16.4. The van der Waals surface area contributed by atoms with Crippen molar-refractivity contribution in [3.05, 3.63) is 102 Å². The van der Waals surface area contributed by atoms with Gasteiger partial charge in [0.2, 0.25) is 5.88 Å². The first-order chi connectivity index (χ1) is 14.3. The lowest BCUT2D eigenvalue weighted by molar-refractivity contribution is 0.593. The summed E-state index contributed by atoms with van der Waals surface area (Å²) in [4.78, 5) is 4.44. The normalized spacial score (nSPS) is 10.6. The lowest BCUT2D eigenvalue weighted by Gasteiger charge is -2.03. The molecule has 0 fully saturated rings. The van der Waals surface area contributed by atoms with Crippen molar-refractivity contribution in [3.8, 4) is 34.6 Å². The molecule has 0 unspecified atom stereocenters. The molecule has 0 spiro atoms. The maximum absolute atomic E-state index is 9.87. The summed E-state index contributed by atoms with van der Waals surface area (Å²) < 4.78 is 6.07. The summed E-state index contributed by atoms with van der Waals surface area (Å²) in [6, 6.07) is 30.8. The minimum atomic E-state index is 0.259. The predicted octanol–water partition coefficient (Wildman–Crippen LogP) is 6.11. The summed E-state index contributed by atoms with van der Waals surface area (Å²) >= 11 is 0. The Kier molecular flexibility index (Phi) is 5.01. The van der Waals surface area contributed by atoms with Crippen molar-refractivity contribution in [3.63, 3.8) is 0 Å². The fourth-order valence-electron chi connectivity index (χ4n) is 3.06. The first-order valence-electron chi connectivity index (χ1n) is 9.02. The molecule has 0 aliphatic heterocycles. The van der Waals surface area contributed by atoms with E-state index >= 15 is 0 Å². The molecule has 1 aromatic heterocycles. The summed E-state index contributed by atoms with van der Waals surface area (Å²) in [5.41, 5.74) is 4.28. The van der Waals surface area contributed by atoms with Gasteiger partial charge in [-0.2, -0.15) is 10.5 Å². The fraction of sp³-hybridized carbons (Fsp3) is 0. The van der Waals surface area contributed by atoms with Gasteiger partial charge in [0.15, 0.2) is 0 Å². The molecule has 4 rings (SSSR count). The molecule has 0 amide bonds. The molecule has 0 saturated carbocycles. The van der Waals surface area contributed by atoms with Gasteiger partial charge in [-0.1, -0.05) is 72.8 Å². The third-order valence-corrected chi connectivity index (χ3v) is 4.47. The molecule has 4 heteroatoms. The zero-order chi connectivity index (χ0) is 20.1. The Hall–Kier alpha value is -4.41. The van der Waals surface area contributed by atoms with Gasteiger partial charge in [0.1, 0.15) is 17.4 Å². The lowest BCUT2D eigenvalue weighted by atomic mass is 9.98. The van der Waals surface area contributed by atoms with Gasteiger partial charge < -0.3 is 4.42 Å². The zero-order valence-electron chi connectivity index (χ0n) is 15.4.